The molecule has 0 saturated heterocycles. The highest BCUT2D eigenvalue weighted by Gasteiger charge is 2.20. The third-order valence-electron chi connectivity index (χ3n) is 4.84. The zero-order chi connectivity index (χ0) is 21.1. The predicted molar refractivity (Wildman–Crippen MR) is 119 cm³/mol. The topological polar surface area (TPSA) is 93.5 Å². The van der Waals surface area contributed by atoms with Gasteiger partial charge in [0.05, 0.1) is 19.4 Å². The third kappa shape index (κ3) is 4.27. The van der Waals surface area contributed by atoms with E-state index in [9.17, 15) is 13.5 Å². The zero-order valence-electron chi connectivity index (χ0n) is 16.3. The average molecular weight is 444 g/mol. The van der Waals surface area contributed by atoms with Crippen molar-refractivity contribution in [2.24, 2.45) is 0 Å². The van der Waals surface area contributed by atoms with Gasteiger partial charge in [-0.2, -0.15) is 0 Å². The van der Waals surface area contributed by atoms with Gasteiger partial charge in [0.1, 0.15) is 5.75 Å². The Morgan fingerprint density at radius 2 is 1.87 bits per heavy atom. The van der Waals surface area contributed by atoms with Crippen LogP contribution in [0.2, 0.25) is 0 Å². The summed E-state index contributed by atoms with van der Waals surface area (Å²) in [5.41, 5.74) is 1.74. The Kier molecular flexibility index (Phi) is 5.65. The molecule has 2 heterocycles. The number of hydrogen-bond donors (Lipinski definition) is 2. The van der Waals surface area contributed by atoms with Gasteiger partial charge in [-0.25, -0.2) is 13.4 Å². The van der Waals surface area contributed by atoms with Crippen molar-refractivity contribution in [3.05, 3.63) is 71.4 Å². The number of benzene rings is 2. The van der Waals surface area contributed by atoms with Crippen LogP contribution in [0.3, 0.4) is 0 Å². The Labute approximate surface area is 178 Å². The van der Waals surface area contributed by atoms with Gasteiger partial charge >= 0.3 is 0 Å². The van der Waals surface area contributed by atoms with Crippen LogP contribution in [-0.4, -0.2) is 35.9 Å². The Morgan fingerprint density at radius 3 is 2.53 bits per heavy atom. The molecule has 7 nitrogen and oxygen atoms in total. The fraction of sp³-hybridized carbons (Fsp3) is 0.190. The van der Waals surface area contributed by atoms with Crippen LogP contribution in [0.1, 0.15) is 11.3 Å². The van der Waals surface area contributed by atoms with Crippen LogP contribution in [0.5, 0.6) is 11.6 Å². The molecule has 2 aromatic heterocycles. The third-order valence-corrected chi connectivity index (χ3v) is 6.91. The van der Waals surface area contributed by atoms with Crippen LogP contribution in [-0.2, 0) is 23.0 Å². The molecule has 0 fully saturated rings. The van der Waals surface area contributed by atoms with E-state index >= 15 is 0 Å². The molecule has 0 radical (unpaired) electrons. The first kappa shape index (κ1) is 20.2. The number of aromatic nitrogens is 2. The Morgan fingerprint density at radius 1 is 1.13 bits per heavy atom. The number of aryl methyl sites for hydroxylation is 1. The van der Waals surface area contributed by atoms with E-state index in [1.54, 1.807) is 23.3 Å². The molecule has 0 aliphatic heterocycles. The quantitative estimate of drug-likeness (QED) is 0.432. The monoisotopic (exact) mass is 443 g/mol. The minimum absolute atomic E-state index is 0.122. The Bertz CT molecular complexity index is 1250. The van der Waals surface area contributed by atoms with Crippen molar-refractivity contribution >= 4 is 37.3 Å². The molecule has 9 heteroatoms. The standard InChI is InChI=1S/C21H21N3O4S2/c1-28-16-8-6-15(7-9-16)14-24-19(17-4-2-3-5-18(17)20(24)25)10-13-30(26,27)23-21-22-11-12-29-21/h2-9,11-12,25H,10,13-14H2,1H3,(H,22,23). The van der Waals surface area contributed by atoms with Gasteiger partial charge in [-0.3, -0.25) is 4.72 Å². The number of sulfonamides is 1. The largest absolute Gasteiger partial charge is 0.497 e. The van der Waals surface area contributed by atoms with Crippen molar-refractivity contribution in [2.45, 2.75) is 13.0 Å². The molecule has 0 aliphatic rings. The number of hydrogen-bond acceptors (Lipinski definition) is 6. The molecule has 0 spiro atoms. The van der Waals surface area contributed by atoms with Gasteiger partial charge in [-0.1, -0.05) is 30.3 Å². The predicted octanol–water partition coefficient (Wildman–Crippen LogP) is 3.84. The molecular weight excluding hydrogens is 422 g/mol. The summed E-state index contributed by atoms with van der Waals surface area (Å²) in [6.45, 7) is 0.416. The number of rotatable bonds is 8. The number of anilines is 1. The van der Waals surface area contributed by atoms with Gasteiger partial charge in [0.15, 0.2) is 11.0 Å². The molecule has 0 atom stereocenters. The molecule has 156 valence electrons. The van der Waals surface area contributed by atoms with E-state index in [0.717, 1.165) is 22.4 Å². The normalized spacial score (nSPS) is 11.6. The molecule has 0 aliphatic carbocycles. The summed E-state index contributed by atoms with van der Waals surface area (Å²) in [5, 5.41) is 14.4. The molecule has 0 bridgehead atoms. The Hall–Kier alpha value is -3.04. The number of thiazole rings is 1. The van der Waals surface area contributed by atoms with E-state index in [1.165, 1.54) is 11.3 Å². The van der Waals surface area contributed by atoms with E-state index in [2.05, 4.69) is 9.71 Å². The fourth-order valence-electron chi connectivity index (χ4n) is 3.39. The highest BCUT2D eigenvalue weighted by atomic mass is 32.2. The van der Waals surface area contributed by atoms with E-state index in [0.29, 0.717) is 17.1 Å². The lowest BCUT2D eigenvalue weighted by atomic mass is 10.1. The average Bonchev–Trinajstić information content (AvgIpc) is 3.34. The first-order chi connectivity index (χ1) is 14.5. The molecule has 4 aromatic rings. The summed E-state index contributed by atoms with van der Waals surface area (Å²) in [6.07, 6.45) is 1.80. The van der Waals surface area contributed by atoms with Crippen molar-refractivity contribution in [3.63, 3.8) is 0 Å². The summed E-state index contributed by atoms with van der Waals surface area (Å²) >= 11 is 1.23. The lowest BCUT2D eigenvalue weighted by Gasteiger charge is -2.12. The van der Waals surface area contributed by atoms with Gasteiger partial charge in [0.2, 0.25) is 10.0 Å². The molecule has 2 aromatic carbocycles. The smallest absolute Gasteiger partial charge is 0.234 e. The minimum Gasteiger partial charge on any atom is -0.497 e. The summed E-state index contributed by atoms with van der Waals surface area (Å²) < 4.78 is 34.5. The molecule has 4 rings (SSSR count). The van der Waals surface area contributed by atoms with Gasteiger partial charge in [0.25, 0.3) is 0 Å². The van der Waals surface area contributed by atoms with Crippen LogP contribution < -0.4 is 9.46 Å². The summed E-state index contributed by atoms with van der Waals surface area (Å²) in [6, 6.07) is 15.0. The summed E-state index contributed by atoms with van der Waals surface area (Å²) in [4.78, 5) is 3.97. The molecular formula is C21H21N3O4S2. The van der Waals surface area contributed by atoms with Crippen molar-refractivity contribution < 1.29 is 18.3 Å². The number of nitrogens with one attached hydrogen (secondary N) is 1. The van der Waals surface area contributed by atoms with Gasteiger partial charge in [-0.05, 0) is 23.8 Å². The van der Waals surface area contributed by atoms with Crippen LogP contribution in [0.4, 0.5) is 5.13 Å². The number of fused-ring (bicyclic) bond motifs is 1. The summed E-state index contributed by atoms with van der Waals surface area (Å²) in [5.74, 6) is 0.754. The van der Waals surface area contributed by atoms with Crippen molar-refractivity contribution in [1.29, 1.82) is 0 Å². The maximum atomic E-state index is 12.5. The number of ether oxygens (including phenoxy) is 1. The van der Waals surface area contributed by atoms with Gasteiger partial charge in [0, 0.05) is 34.5 Å². The lowest BCUT2D eigenvalue weighted by Crippen LogP contribution is -2.19. The second kappa shape index (κ2) is 8.37. The number of aromatic hydroxyl groups is 1. The molecule has 2 N–H and O–H groups in total. The van der Waals surface area contributed by atoms with Crippen LogP contribution in [0.15, 0.2) is 60.1 Å². The van der Waals surface area contributed by atoms with Crippen LogP contribution in [0, 0.1) is 0 Å². The lowest BCUT2D eigenvalue weighted by molar-refractivity contribution is 0.414. The summed E-state index contributed by atoms with van der Waals surface area (Å²) in [7, 11) is -1.97. The SMILES string of the molecule is COc1ccc(Cn2c(O)c3ccccc3c2CCS(=O)(=O)Nc2nccs2)cc1. The van der Waals surface area contributed by atoms with E-state index in [4.69, 9.17) is 4.74 Å². The maximum absolute atomic E-state index is 12.5. The van der Waals surface area contributed by atoms with E-state index in [1.807, 2.05) is 48.5 Å². The number of methoxy groups -OCH3 is 1. The second-order valence-electron chi connectivity index (χ2n) is 6.76. The molecule has 0 amide bonds. The molecule has 0 unspecified atom stereocenters. The maximum Gasteiger partial charge on any atom is 0.234 e. The van der Waals surface area contributed by atoms with Crippen molar-refractivity contribution in [1.82, 2.24) is 9.55 Å². The van der Waals surface area contributed by atoms with Crippen molar-refractivity contribution in [3.8, 4) is 11.6 Å². The first-order valence-corrected chi connectivity index (χ1v) is 11.8. The first-order valence-electron chi connectivity index (χ1n) is 9.29. The van der Waals surface area contributed by atoms with Crippen LogP contribution in [0.25, 0.3) is 10.8 Å². The minimum atomic E-state index is -3.57. The molecule has 0 saturated carbocycles. The van der Waals surface area contributed by atoms with E-state index in [-0.39, 0.29) is 18.1 Å². The second-order valence-corrected chi connectivity index (χ2v) is 9.49. The number of nitrogens with zero attached hydrogens (tertiary/aromatic N) is 2. The van der Waals surface area contributed by atoms with E-state index < -0.39 is 10.0 Å². The molecule has 30 heavy (non-hydrogen) atoms. The highest BCUT2D eigenvalue weighted by Crippen LogP contribution is 2.33. The van der Waals surface area contributed by atoms with Crippen molar-refractivity contribution in [2.75, 3.05) is 17.6 Å². The fourth-order valence-corrected chi connectivity index (χ4v) is 5.22. The highest BCUT2D eigenvalue weighted by molar-refractivity contribution is 7.92. The van der Waals surface area contributed by atoms with Gasteiger partial charge < -0.3 is 14.4 Å². The Balaban J connectivity index is 1.64. The zero-order valence-corrected chi connectivity index (χ0v) is 17.9. The van der Waals surface area contributed by atoms with Gasteiger partial charge in [-0.15, -0.1) is 11.3 Å². The van der Waals surface area contributed by atoms with Crippen LogP contribution >= 0.6 is 11.3 Å².